The first-order valence-corrected chi connectivity index (χ1v) is 5.24. The first-order chi connectivity index (χ1) is 7.63. The highest BCUT2D eigenvalue weighted by atomic mass is 16.5. The number of nitrogens with two attached hydrogens (primary N) is 1. The highest BCUT2D eigenvalue weighted by Crippen LogP contribution is 2.03. The summed E-state index contributed by atoms with van der Waals surface area (Å²) in [7, 11) is 1.68. The maximum atomic E-state index is 10.9. The lowest BCUT2D eigenvalue weighted by Gasteiger charge is -2.12. The molecule has 1 aromatic rings. The quantitative estimate of drug-likeness (QED) is 0.752. The maximum Gasteiger partial charge on any atom is 0.248 e. The van der Waals surface area contributed by atoms with Gasteiger partial charge < -0.3 is 15.8 Å². The molecule has 0 saturated carbocycles. The van der Waals surface area contributed by atoms with Crippen molar-refractivity contribution in [2.75, 3.05) is 13.7 Å². The van der Waals surface area contributed by atoms with Gasteiger partial charge in [-0.15, -0.1) is 0 Å². The van der Waals surface area contributed by atoms with Gasteiger partial charge in [-0.2, -0.15) is 0 Å². The third-order valence-electron chi connectivity index (χ3n) is 2.31. The predicted molar refractivity (Wildman–Crippen MR) is 63.1 cm³/mol. The van der Waals surface area contributed by atoms with Crippen molar-refractivity contribution < 1.29 is 9.53 Å². The molecule has 0 heterocycles. The van der Waals surface area contributed by atoms with Crippen LogP contribution < -0.4 is 11.1 Å². The Labute approximate surface area is 95.8 Å². The molecule has 88 valence electrons. The number of amides is 1. The first-order valence-electron chi connectivity index (χ1n) is 5.24. The van der Waals surface area contributed by atoms with Crippen LogP contribution >= 0.6 is 0 Å². The number of hydrogen-bond acceptors (Lipinski definition) is 3. The number of primary amides is 1. The van der Waals surface area contributed by atoms with E-state index in [1.165, 1.54) is 0 Å². The van der Waals surface area contributed by atoms with E-state index in [1.807, 2.05) is 12.1 Å². The number of carbonyl (C=O) groups excluding carboxylic acids is 1. The van der Waals surface area contributed by atoms with Crippen molar-refractivity contribution in [3.8, 4) is 0 Å². The Morgan fingerprint density at radius 2 is 2.06 bits per heavy atom. The molecule has 1 amide bonds. The normalized spacial score (nSPS) is 12.4. The molecule has 4 heteroatoms. The lowest BCUT2D eigenvalue weighted by molar-refractivity contribution is 0.100. The second kappa shape index (κ2) is 6.25. The summed E-state index contributed by atoms with van der Waals surface area (Å²) in [5.41, 5.74) is 6.81. The van der Waals surface area contributed by atoms with Crippen LogP contribution in [0.1, 0.15) is 22.8 Å². The van der Waals surface area contributed by atoms with Crippen molar-refractivity contribution in [1.82, 2.24) is 5.32 Å². The summed E-state index contributed by atoms with van der Waals surface area (Å²) < 4.78 is 5.02. The van der Waals surface area contributed by atoms with Gasteiger partial charge in [0.25, 0.3) is 0 Å². The fraction of sp³-hybridized carbons (Fsp3) is 0.417. The zero-order chi connectivity index (χ0) is 12.0. The number of rotatable bonds is 6. The van der Waals surface area contributed by atoms with Crippen LogP contribution in [0.3, 0.4) is 0 Å². The Bertz CT molecular complexity index is 335. The van der Waals surface area contributed by atoms with Gasteiger partial charge in [0.1, 0.15) is 0 Å². The van der Waals surface area contributed by atoms with Gasteiger partial charge in [-0.3, -0.25) is 4.79 Å². The highest BCUT2D eigenvalue weighted by Gasteiger charge is 2.02. The zero-order valence-corrected chi connectivity index (χ0v) is 9.69. The second-order valence-corrected chi connectivity index (χ2v) is 3.80. The third-order valence-corrected chi connectivity index (χ3v) is 2.31. The van der Waals surface area contributed by atoms with Gasteiger partial charge in [0.05, 0.1) is 6.61 Å². The van der Waals surface area contributed by atoms with Crippen LogP contribution in [0.15, 0.2) is 24.3 Å². The van der Waals surface area contributed by atoms with Crippen LogP contribution in [-0.4, -0.2) is 25.7 Å². The van der Waals surface area contributed by atoms with Crippen molar-refractivity contribution in [2.45, 2.75) is 19.5 Å². The lowest BCUT2D eigenvalue weighted by atomic mass is 10.1. The summed E-state index contributed by atoms with van der Waals surface area (Å²) in [5, 5.41) is 3.31. The predicted octanol–water partition coefficient (Wildman–Crippen LogP) is 0.910. The lowest BCUT2D eigenvalue weighted by Crippen LogP contribution is -2.29. The van der Waals surface area contributed by atoms with Crippen LogP contribution in [0.25, 0.3) is 0 Å². The third kappa shape index (κ3) is 4.00. The van der Waals surface area contributed by atoms with Crippen molar-refractivity contribution in [3.05, 3.63) is 35.4 Å². The molecule has 0 aliphatic rings. The highest BCUT2D eigenvalue weighted by molar-refractivity contribution is 5.92. The molecule has 0 fully saturated rings. The Morgan fingerprint density at radius 3 is 2.56 bits per heavy atom. The molecule has 4 nitrogen and oxygen atoms in total. The second-order valence-electron chi connectivity index (χ2n) is 3.80. The molecule has 3 N–H and O–H groups in total. The van der Waals surface area contributed by atoms with Gasteiger partial charge in [-0.05, 0) is 24.6 Å². The molecule has 0 aliphatic heterocycles. The number of carbonyl (C=O) groups is 1. The molecule has 1 aromatic carbocycles. The van der Waals surface area contributed by atoms with Crippen molar-refractivity contribution in [3.63, 3.8) is 0 Å². The fourth-order valence-electron chi connectivity index (χ4n) is 1.39. The molecule has 0 aromatic heterocycles. The van der Waals surface area contributed by atoms with E-state index in [0.717, 1.165) is 12.1 Å². The topological polar surface area (TPSA) is 64.3 Å². The zero-order valence-electron chi connectivity index (χ0n) is 9.69. The molecular weight excluding hydrogens is 204 g/mol. The van der Waals surface area contributed by atoms with Gasteiger partial charge in [0.2, 0.25) is 5.91 Å². The smallest absolute Gasteiger partial charge is 0.248 e. The average molecular weight is 222 g/mol. The Balaban J connectivity index is 2.46. The van der Waals surface area contributed by atoms with Gasteiger partial charge in [-0.25, -0.2) is 0 Å². The monoisotopic (exact) mass is 222 g/mol. The maximum absolute atomic E-state index is 10.9. The number of hydrogen-bond donors (Lipinski definition) is 2. The summed E-state index contributed by atoms with van der Waals surface area (Å²) in [6.07, 6.45) is 0. The summed E-state index contributed by atoms with van der Waals surface area (Å²) >= 11 is 0. The van der Waals surface area contributed by atoms with Crippen molar-refractivity contribution >= 4 is 5.91 Å². The van der Waals surface area contributed by atoms with Crippen LogP contribution in [0.2, 0.25) is 0 Å². The van der Waals surface area contributed by atoms with Crippen molar-refractivity contribution in [2.24, 2.45) is 5.73 Å². The number of methoxy groups -OCH3 is 1. The minimum absolute atomic E-state index is 0.306. The largest absolute Gasteiger partial charge is 0.383 e. The molecule has 0 radical (unpaired) electrons. The minimum atomic E-state index is -0.396. The molecule has 1 unspecified atom stereocenters. The first kappa shape index (κ1) is 12.7. The summed E-state index contributed by atoms with van der Waals surface area (Å²) in [4.78, 5) is 10.9. The number of ether oxygens (including phenoxy) is 1. The Kier molecular flexibility index (Phi) is 4.95. The van der Waals surface area contributed by atoms with Gasteiger partial charge in [0.15, 0.2) is 0 Å². The van der Waals surface area contributed by atoms with E-state index in [-0.39, 0.29) is 0 Å². The minimum Gasteiger partial charge on any atom is -0.383 e. The molecule has 0 bridgehead atoms. The van der Waals surface area contributed by atoms with E-state index in [9.17, 15) is 4.79 Å². The van der Waals surface area contributed by atoms with Gasteiger partial charge >= 0.3 is 0 Å². The molecule has 0 saturated heterocycles. The van der Waals surface area contributed by atoms with Crippen molar-refractivity contribution in [1.29, 1.82) is 0 Å². The van der Waals surface area contributed by atoms with Crippen LogP contribution in [0.5, 0.6) is 0 Å². The number of nitrogens with one attached hydrogen (secondary N) is 1. The van der Waals surface area contributed by atoms with E-state index in [4.69, 9.17) is 10.5 Å². The molecule has 16 heavy (non-hydrogen) atoms. The number of benzene rings is 1. The van der Waals surface area contributed by atoms with Crippen LogP contribution in [0, 0.1) is 0 Å². The molecule has 1 rings (SSSR count). The van der Waals surface area contributed by atoms with Crippen LogP contribution in [-0.2, 0) is 11.3 Å². The summed E-state index contributed by atoms with van der Waals surface area (Å²) in [5.74, 6) is -0.396. The van der Waals surface area contributed by atoms with E-state index >= 15 is 0 Å². The Hall–Kier alpha value is -1.39. The average Bonchev–Trinajstić information content (AvgIpc) is 2.27. The SMILES string of the molecule is COCC(C)NCc1ccc(C(N)=O)cc1. The van der Waals surface area contributed by atoms with E-state index in [0.29, 0.717) is 18.2 Å². The molecule has 0 spiro atoms. The van der Waals surface area contributed by atoms with E-state index < -0.39 is 5.91 Å². The Morgan fingerprint density at radius 1 is 1.44 bits per heavy atom. The summed E-state index contributed by atoms with van der Waals surface area (Å²) in [6, 6.07) is 7.57. The van der Waals surface area contributed by atoms with E-state index in [1.54, 1.807) is 19.2 Å². The summed E-state index contributed by atoms with van der Waals surface area (Å²) in [6.45, 7) is 3.49. The molecule has 1 atom stereocenters. The standard InChI is InChI=1S/C12H18N2O2/c1-9(8-16-2)14-7-10-3-5-11(6-4-10)12(13)15/h3-6,9,14H,7-8H2,1-2H3,(H2,13,15). The van der Waals surface area contributed by atoms with Gasteiger partial charge in [-0.1, -0.05) is 12.1 Å². The van der Waals surface area contributed by atoms with E-state index in [2.05, 4.69) is 12.2 Å². The molecule has 0 aliphatic carbocycles. The van der Waals surface area contributed by atoms with Crippen LogP contribution in [0.4, 0.5) is 0 Å². The van der Waals surface area contributed by atoms with Gasteiger partial charge in [0, 0.05) is 25.3 Å². The molecular formula is C12H18N2O2. The fourth-order valence-corrected chi connectivity index (χ4v) is 1.39.